The van der Waals surface area contributed by atoms with Gasteiger partial charge in [-0.05, 0) is 38.4 Å². The van der Waals surface area contributed by atoms with Crippen LogP contribution in [-0.2, 0) is 6.54 Å². The predicted octanol–water partition coefficient (Wildman–Crippen LogP) is 3.12. The molecule has 0 unspecified atom stereocenters. The maximum atomic E-state index is 12.7. The minimum Gasteiger partial charge on any atom is -0.350 e. The number of aromatic nitrogens is 1. The van der Waals surface area contributed by atoms with Crippen molar-refractivity contribution in [3.8, 4) is 0 Å². The molecule has 0 spiro atoms. The molecule has 1 fully saturated rings. The largest absolute Gasteiger partial charge is 0.350 e. The number of fused-ring (bicyclic) bond motifs is 1. The van der Waals surface area contributed by atoms with Crippen LogP contribution >= 0.6 is 0 Å². The Hall–Kier alpha value is -1.81. The number of amides is 1. The smallest absolute Gasteiger partial charge is 0.253 e. The van der Waals surface area contributed by atoms with Crippen LogP contribution in [0.3, 0.4) is 0 Å². The van der Waals surface area contributed by atoms with E-state index in [-0.39, 0.29) is 5.91 Å². The predicted molar refractivity (Wildman–Crippen MR) is 94.8 cm³/mol. The van der Waals surface area contributed by atoms with Crippen molar-refractivity contribution < 1.29 is 4.79 Å². The van der Waals surface area contributed by atoms with E-state index in [0.717, 1.165) is 36.1 Å². The highest BCUT2D eigenvalue weighted by molar-refractivity contribution is 6.07. The first-order valence-corrected chi connectivity index (χ1v) is 8.62. The van der Waals surface area contributed by atoms with E-state index in [9.17, 15) is 4.79 Å². The molecular formula is C19H27N3O. The van der Waals surface area contributed by atoms with Gasteiger partial charge in [-0.3, -0.25) is 4.79 Å². The summed E-state index contributed by atoms with van der Waals surface area (Å²) < 4.78 is 2.20. The van der Waals surface area contributed by atoms with Gasteiger partial charge >= 0.3 is 0 Å². The van der Waals surface area contributed by atoms with Gasteiger partial charge in [-0.2, -0.15) is 0 Å². The second-order valence-corrected chi connectivity index (χ2v) is 7.09. The van der Waals surface area contributed by atoms with E-state index in [1.54, 1.807) is 0 Å². The fraction of sp³-hybridized carbons (Fsp3) is 0.526. The summed E-state index contributed by atoms with van der Waals surface area (Å²) >= 11 is 0. The first-order valence-electron chi connectivity index (χ1n) is 8.62. The maximum Gasteiger partial charge on any atom is 0.253 e. The fourth-order valence-corrected chi connectivity index (χ4v) is 3.52. The Morgan fingerprint density at radius 2 is 2.13 bits per heavy atom. The summed E-state index contributed by atoms with van der Waals surface area (Å²) in [6, 6.07) is 8.66. The third kappa shape index (κ3) is 3.42. The number of hydrogen-bond acceptors (Lipinski definition) is 2. The molecule has 4 heteroatoms. The molecule has 1 atom stereocenters. The first kappa shape index (κ1) is 16.1. The van der Waals surface area contributed by atoms with Crippen molar-refractivity contribution in [2.75, 3.05) is 20.1 Å². The monoisotopic (exact) mass is 313 g/mol. The van der Waals surface area contributed by atoms with Crippen molar-refractivity contribution in [3.05, 3.63) is 36.0 Å². The van der Waals surface area contributed by atoms with Crippen LogP contribution in [0.4, 0.5) is 0 Å². The second kappa shape index (κ2) is 6.75. The normalized spacial score (nSPS) is 18.9. The van der Waals surface area contributed by atoms with Crippen molar-refractivity contribution in [1.29, 1.82) is 0 Å². The quantitative estimate of drug-likeness (QED) is 0.921. The summed E-state index contributed by atoms with van der Waals surface area (Å²) in [4.78, 5) is 15.0. The van der Waals surface area contributed by atoms with Gasteiger partial charge in [-0.1, -0.05) is 32.0 Å². The number of para-hydroxylation sites is 1. The molecule has 1 aromatic carbocycles. The molecule has 0 aliphatic carbocycles. The number of hydrogen-bond donors (Lipinski definition) is 1. The molecule has 1 saturated heterocycles. The van der Waals surface area contributed by atoms with Crippen LogP contribution < -0.4 is 5.32 Å². The summed E-state index contributed by atoms with van der Waals surface area (Å²) in [6.07, 6.45) is 4.41. The van der Waals surface area contributed by atoms with E-state index in [2.05, 4.69) is 41.7 Å². The zero-order valence-corrected chi connectivity index (χ0v) is 14.4. The van der Waals surface area contributed by atoms with Crippen molar-refractivity contribution in [3.63, 3.8) is 0 Å². The summed E-state index contributed by atoms with van der Waals surface area (Å²) in [5.41, 5.74) is 1.94. The highest BCUT2D eigenvalue weighted by Gasteiger charge is 2.22. The first-order chi connectivity index (χ1) is 11.1. The van der Waals surface area contributed by atoms with Crippen LogP contribution in [-0.4, -0.2) is 41.6 Å². The average molecular weight is 313 g/mol. The number of carbonyl (C=O) groups is 1. The van der Waals surface area contributed by atoms with Gasteiger partial charge in [-0.15, -0.1) is 0 Å². The number of carbonyl (C=O) groups excluding carboxylic acids is 1. The Morgan fingerprint density at radius 1 is 1.35 bits per heavy atom. The van der Waals surface area contributed by atoms with E-state index >= 15 is 0 Å². The molecule has 1 amide bonds. The Kier molecular flexibility index (Phi) is 4.71. The van der Waals surface area contributed by atoms with Crippen molar-refractivity contribution in [1.82, 2.24) is 14.8 Å². The van der Waals surface area contributed by atoms with Gasteiger partial charge in [0.1, 0.15) is 0 Å². The third-order valence-corrected chi connectivity index (χ3v) is 4.76. The van der Waals surface area contributed by atoms with Crippen LogP contribution in [0.1, 0.15) is 37.0 Å². The highest BCUT2D eigenvalue weighted by atomic mass is 16.1. The summed E-state index contributed by atoms with van der Waals surface area (Å²) in [6.45, 7) is 7.20. The molecule has 0 bridgehead atoms. The van der Waals surface area contributed by atoms with Crippen molar-refractivity contribution >= 4 is 16.8 Å². The van der Waals surface area contributed by atoms with Gasteiger partial charge in [0.25, 0.3) is 5.91 Å². The van der Waals surface area contributed by atoms with Gasteiger partial charge in [-0.25, -0.2) is 0 Å². The van der Waals surface area contributed by atoms with Gasteiger partial charge in [0, 0.05) is 36.2 Å². The van der Waals surface area contributed by atoms with E-state index in [1.165, 1.54) is 12.8 Å². The summed E-state index contributed by atoms with van der Waals surface area (Å²) in [7, 11) is 2.14. The molecule has 0 radical (unpaired) electrons. The lowest BCUT2D eigenvalue weighted by Gasteiger charge is -2.19. The molecular weight excluding hydrogens is 286 g/mol. The van der Waals surface area contributed by atoms with Crippen LogP contribution in [0.5, 0.6) is 0 Å². The van der Waals surface area contributed by atoms with Gasteiger partial charge in [0.05, 0.1) is 5.56 Å². The Bertz CT molecular complexity index is 689. The number of nitrogens with one attached hydrogen (secondary N) is 1. The number of rotatable bonds is 5. The minimum atomic E-state index is 0.0454. The van der Waals surface area contributed by atoms with Crippen LogP contribution in [0.15, 0.2) is 30.5 Å². The van der Waals surface area contributed by atoms with E-state index in [0.29, 0.717) is 12.0 Å². The summed E-state index contributed by atoms with van der Waals surface area (Å²) in [5.74, 6) is 0.595. The Balaban J connectivity index is 1.79. The molecule has 4 nitrogen and oxygen atoms in total. The molecule has 1 aliphatic rings. The minimum absolute atomic E-state index is 0.0454. The van der Waals surface area contributed by atoms with Gasteiger partial charge in [0.15, 0.2) is 0 Å². The molecule has 1 N–H and O–H groups in total. The zero-order chi connectivity index (χ0) is 16.4. The van der Waals surface area contributed by atoms with Crippen molar-refractivity contribution in [2.45, 2.75) is 39.3 Å². The fourth-order valence-electron chi connectivity index (χ4n) is 3.52. The standard InChI is InChI=1S/C19H27N3O/c1-14(2)12-22-13-17(16-8-4-5-9-18(16)22)19(23)20-11-15-7-6-10-21(15)3/h4-5,8-9,13-15H,6-7,10-12H2,1-3H3,(H,20,23)/t15-/m1/s1. The molecule has 1 aliphatic heterocycles. The highest BCUT2D eigenvalue weighted by Crippen LogP contribution is 2.22. The maximum absolute atomic E-state index is 12.7. The zero-order valence-electron chi connectivity index (χ0n) is 14.4. The lowest BCUT2D eigenvalue weighted by atomic mass is 10.1. The lowest BCUT2D eigenvalue weighted by molar-refractivity contribution is 0.0945. The number of likely N-dealkylation sites (tertiary alicyclic amines) is 1. The molecule has 2 heterocycles. The topological polar surface area (TPSA) is 37.3 Å². The van der Waals surface area contributed by atoms with Gasteiger partial charge in [0.2, 0.25) is 0 Å². The second-order valence-electron chi connectivity index (χ2n) is 7.09. The van der Waals surface area contributed by atoms with E-state index < -0.39 is 0 Å². The molecule has 124 valence electrons. The van der Waals surface area contributed by atoms with Crippen LogP contribution in [0.2, 0.25) is 0 Å². The number of benzene rings is 1. The number of likely N-dealkylation sites (N-methyl/N-ethyl adjacent to an activating group) is 1. The molecule has 0 saturated carbocycles. The van der Waals surface area contributed by atoms with Crippen molar-refractivity contribution in [2.24, 2.45) is 5.92 Å². The lowest BCUT2D eigenvalue weighted by Crippen LogP contribution is -2.38. The molecule has 3 rings (SSSR count). The Labute approximate surface area is 138 Å². The molecule has 2 aromatic rings. The average Bonchev–Trinajstić information content (AvgIpc) is 3.09. The molecule has 23 heavy (non-hydrogen) atoms. The van der Waals surface area contributed by atoms with Crippen LogP contribution in [0, 0.1) is 5.92 Å². The van der Waals surface area contributed by atoms with E-state index in [1.807, 2.05) is 24.4 Å². The number of nitrogens with zero attached hydrogens (tertiary/aromatic N) is 2. The van der Waals surface area contributed by atoms with E-state index in [4.69, 9.17) is 0 Å². The third-order valence-electron chi connectivity index (χ3n) is 4.76. The Morgan fingerprint density at radius 3 is 2.83 bits per heavy atom. The molecule has 1 aromatic heterocycles. The van der Waals surface area contributed by atoms with Crippen LogP contribution in [0.25, 0.3) is 10.9 Å². The SMILES string of the molecule is CC(C)Cn1cc(C(=O)NC[C@H]2CCCN2C)c2ccccc21. The van der Waals surface area contributed by atoms with Gasteiger partial charge < -0.3 is 14.8 Å². The summed E-state index contributed by atoms with van der Waals surface area (Å²) in [5, 5.41) is 4.18.